The predicted octanol–water partition coefficient (Wildman–Crippen LogP) is 1.33. The third kappa shape index (κ3) is 2.78. The van der Waals surface area contributed by atoms with E-state index in [1.54, 1.807) is 6.92 Å². The Labute approximate surface area is 113 Å². The van der Waals surface area contributed by atoms with E-state index in [0.29, 0.717) is 12.1 Å². The average Bonchev–Trinajstić information content (AvgIpc) is 2.44. The number of rotatable bonds is 2. The topological polar surface area (TPSA) is 49.8 Å². The van der Waals surface area contributed by atoms with Gasteiger partial charge in [-0.25, -0.2) is 13.2 Å². The van der Waals surface area contributed by atoms with E-state index in [0.717, 1.165) is 0 Å². The van der Waals surface area contributed by atoms with Crippen molar-refractivity contribution >= 4 is 5.91 Å². The van der Waals surface area contributed by atoms with E-state index in [4.69, 9.17) is 9.84 Å². The highest BCUT2D eigenvalue weighted by Crippen LogP contribution is 2.19. The monoisotopic (exact) mass is 289 g/mol. The Morgan fingerprint density at radius 2 is 2.00 bits per heavy atom. The number of carbonyl (C=O) groups is 1. The Kier molecular flexibility index (Phi) is 4.29. The summed E-state index contributed by atoms with van der Waals surface area (Å²) < 4.78 is 44.5. The standard InChI is InChI=1S/C13H14F3NO3/c1-7-6-20-9(5-18)4-17(7)13(19)8-2-10(14)12(16)11(15)3-8/h2-3,7,9,18H,4-6H2,1H3. The van der Waals surface area contributed by atoms with Gasteiger partial charge in [0.25, 0.3) is 5.91 Å². The molecule has 4 nitrogen and oxygen atoms in total. The third-order valence-corrected chi connectivity index (χ3v) is 3.20. The molecule has 0 saturated carbocycles. The second-order valence-corrected chi connectivity index (χ2v) is 4.70. The van der Waals surface area contributed by atoms with Crippen LogP contribution in [0.1, 0.15) is 17.3 Å². The lowest BCUT2D eigenvalue weighted by molar-refractivity contribution is -0.0667. The normalized spacial score (nSPS) is 22.9. The van der Waals surface area contributed by atoms with Crippen LogP contribution in [-0.4, -0.2) is 47.8 Å². The van der Waals surface area contributed by atoms with Crippen LogP contribution < -0.4 is 0 Å². The summed E-state index contributed by atoms with van der Waals surface area (Å²) in [5.74, 6) is -5.05. The Morgan fingerprint density at radius 1 is 1.40 bits per heavy atom. The van der Waals surface area contributed by atoms with Gasteiger partial charge in [0.2, 0.25) is 0 Å². The van der Waals surface area contributed by atoms with Gasteiger partial charge in [-0.3, -0.25) is 4.79 Å². The molecule has 1 N–H and O–H groups in total. The zero-order chi connectivity index (χ0) is 14.9. The minimum absolute atomic E-state index is 0.108. The summed E-state index contributed by atoms with van der Waals surface area (Å²) >= 11 is 0. The lowest BCUT2D eigenvalue weighted by Gasteiger charge is -2.37. The zero-order valence-electron chi connectivity index (χ0n) is 10.8. The smallest absolute Gasteiger partial charge is 0.254 e. The van der Waals surface area contributed by atoms with Gasteiger partial charge in [-0.2, -0.15) is 0 Å². The number of aliphatic hydroxyl groups excluding tert-OH is 1. The Hall–Kier alpha value is -1.60. The lowest BCUT2D eigenvalue weighted by atomic mass is 10.1. The molecule has 1 aromatic rings. The number of aliphatic hydroxyl groups is 1. The first-order valence-corrected chi connectivity index (χ1v) is 6.12. The van der Waals surface area contributed by atoms with Crippen LogP contribution in [0, 0.1) is 17.5 Å². The molecule has 20 heavy (non-hydrogen) atoms. The summed E-state index contributed by atoms with van der Waals surface area (Å²) in [5.41, 5.74) is -0.271. The number of hydrogen-bond donors (Lipinski definition) is 1. The van der Waals surface area contributed by atoms with Crippen LogP contribution in [0.3, 0.4) is 0 Å². The molecule has 2 atom stereocenters. The molecule has 110 valence electrons. The summed E-state index contributed by atoms with van der Waals surface area (Å²) in [4.78, 5) is 13.6. The molecule has 1 aliphatic rings. The summed E-state index contributed by atoms with van der Waals surface area (Å²) in [6.07, 6.45) is -0.537. The number of carbonyl (C=O) groups excluding carboxylic acids is 1. The van der Waals surface area contributed by atoms with Gasteiger partial charge < -0.3 is 14.7 Å². The van der Waals surface area contributed by atoms with Gasteiger partial charge in [0, 0.05) is 12.1 Å². The molecule has 0 aliphatic carbocycles. The quantitative estimate of drug-likeness (QED) is 0.836. The number of hydrogen-bond acceptors (Lipinski definition) is 3. The van der Waals surface area contributed by atoms with Crippen molar-refractivity contribution in [1.29, 1.82) is 0 Å². The van der Waals surface area contributed by atoms with Crippen LogP contribution in [0.4, 0.5) is 13.2 Å². The fraction of sp³-hybridized carbons (Fsp3) is 0.462. The molecule has 0 radical (unpaired) electrons. The van der Waals surface area contributed by atoms with Gasteiger partial charge >= 0.3 is 0 Å². The summed E-state index contributed by atoms with van der Waals surface area (Å²) in [6.45, 7) is 1.77. The van der Waals surface area contributed by atoms with Crippen LogP contribution in [-0.2, 0) is 4.74 Å². The van der Waals surface area contributed by atoms with Crippen molar-refractivity contribution in [3.63, 3.8) is 0 Å². The maximum atomic E-state index is 13.2. The Balaban J connectivity index is 2.26. The van der Waals surface area contributed by atoms with Gasteiger partial charge in [-0.15, -0.1) is 0 Å². The minimum atomic E-state index is -1.61. The largest absolute Gasteiger partial charge is 0.394 e. The highest BCUT2D eigenvalue weighted by molar-refractivity contribution is 5.94. The first kappa shape index (κ1) is 14.8. The maximum absolute atomic E-state index is 13.2. The van der Waals surface area contributed by atoms with Gasteiger partial charge in [-0.1, -0.05) is 0 Å². The average molecular weight is 289 g/mol. The van der Waals surface area contributed by atoms with E-state index >= 15 is 0 Å². The number of ether oxygens (including phenoxy) is 1. The number of amides is 1. The molecule has 2 unspecified atom stereocenters. The van der Waals surface area contributed by atoms with E-state index in [-0.39, 0.29) is 31.4 Å². The minimum Gasteiger partial charge on any atom is -0.394 e. The molecular weight excluding hydrogens is 275 g/mol. The first-order chi connectivity index (χ1) is 9.43. The predicted molar refractivity (Wildman–Crippen MR) is 63.6 cm³/mol. The van der Waals surface area contributed by atoms with Crippen LogP contribution >= 0.6 is 0 Å². The number of halogens is 3. The Bertz CT molecular complexity index is 501. The molecular formula is C13H14F3NO3. The summed E-state index contributed by atoms with van der Waals surface area (Å²) in [5, 5.41) is 9.04. The molecule has 1 heterocycles. The highest BCUT2D eigenvalue weighted by Gasteiger charge is 2.30. The Morgan fingerprint density at radius 3 is 2.55 bits per heavy atom. The van der Waals surface area contributed by atoms with E-state index < -0.39 is 29.5 Å². The van der Waals surface area contributed by atoms with Crippen LogP contribution in [0.2, 0.25) is 0 Å². The van der Waals surface area contributed by atoms with Crippen LogP contribution in [0.5, 0.6) is 0 Å². The van der Waals surface area contributed by atoms with Gasteiger partial charge in [-0.05, 0) is 19.1 Å². The van der Waals surface area contributed by atoms with Crippen molar-refractivity contribution in [2.45, 2.75) is 19.1 Å². The molecule has 1 aliphatic heterocycles. The second kappa shape index (κ2) is 5.80. The molecule has 7 heteroatoms. The molecule has 1 amide bonds. The summed E-state index contributed by atoms with van der Waals surface area (Å²) in [6, 6.07) is 1.02. The molecule has 1 aromatic carbocycles. The van der Waals surface area contributed by atoms with Gasteiger partial charge in [0.1, 0.15) is 0 Å². The maximum Gasteiger partial charge on any atom is 0.254 e. The molecule has 0 aromatic heterocycles. The van der Waals surface area contributed by atoms with Crippen molar-refractivity contribution in [3.8, 4) is 0 Å². The third-order valence-electron chi connectivity index (χ3n) is 3.20. The fourth-order valence-electron chi connectivity index (χ4n) is 2.06. The van der Waals surface area contributed by atoms with Gasteiger partial charge in [0.05, 0.1) is 25.4 Å². The van der Waals surface area contributed by atoms with E-state index in [1.807, 2.05) is 0 Å². The lowest BCUT2D eigenvalue weighted by Crippen LogP contribution is -2.52. The molecule has 0 bridgehead atoms. The second-order valence-electron chi connectivity index (χ2n) is 4.70. The first-order valence-electron chi connectivity index (χ1n) is 6.12. The van der Waals surface area contributed by atoms with Crippen molar-refractivity contribution in [2.24, 2.45) is 0 Å². The van der Waals surface area contributed by atoms with E-state index in [2.05, 4.69) is 0 Å². The number of morpholine rings is 1. The van der Waals surface area contributed by atoms with Crippen molar-refractivity contribution < 1.29 is 27.8 Å². The zero-order valence-corrected chi connectivity index (χ0v) is 10.8. The summed E-state index contributed by atoms with van der Waals surface area (Å²) in [7, 11) is 0. The molecule has 1 saturated heterocycles. The van der Waals surface area contributed by atoms with Crippen molar-refractivity contribution in [1.82, 2.24) is 4.90 Å². The van der Waals surface area contributed by atoms with Crippen molar-refractivity contribution in [2.75, 3.05) is 19.8 Å². The molecule has 2 rings (SSSR count). The van der Waals surface area contributed by atoms with E-state index in [1.165, 1.54) is 4.90 Å². The highest BCUT2D eigenvalue weighted by atomic mass is 19.2. The van der Waals surface area contributed by atoms with Crippen LogP contribution in [0.25, 0.3) is 0 Å². The van der Waals surface area contributed by atoms with Gasteiger partial charge in [0.15, 0.2) is 17.5 Å². The molecule has 0 spiro atoms. The fourth-order valence-corrected chi connectivity index (χ4v) is 2.06. The number of benzene rings is 1. The SMILES string of the molecule is CC1COC(CO)CN1C(=O)c1cc(F)c(F)c(F)c1. The van der Waals surface area contributed by atoms with E-state index in [9.17, 15) is 18.0 Å². The van der Waals surface area contributed by atoms with Crippen LogP contribution in [0.15, 0.2) is 12.1 Å². The number of nitrogens with zero attached hydrogens (tertiary/aromatic N) is 1. The van der Waals surface area contributed by atoms with Crippen molar-refractivity contribution in [3.05, 3.63) is 35.1 Å². The molecule has 1 fully saturated rings.